The first-order valence-electron chi connectivity index (χ1n) is 4.53. The highest BCUT2D eigenvalue weighted by atomic mass is 32.2. The molecule has 0 aliphatic heterocycles. The molecular formula is C11H12S3. The van der Waals surface area contributed by atoms with Crippen LogP contribution in [0.5, 0.6) is 0 Å². The van der Waals surface area contributed by atoms with Gasteiger partial charge in [-0.2, -0.15) is 0 Å². The summed E-state index contributed by atoms with van der Waals surface area (Å²) in [4.78, 5) is 2.49. The number of thiophene rings is 1. The molecule has 0 atom stereocenters. The summed E-state index contributed by atoms with van der Waals surface area (Å²) in [6.07, 6.45) is 3.22. The van der Waals surface area contributed by atoms with Gasteiger partial charge in [-0.05, 0) is 30.4 Å². The molecule has 1 heterocycles. The molecule has 0 radical (unpaired) electrons. The first-order valence-corrected chi connectivity index (χ1v) is 7.08. The van der Waals surface area contributed by atoms with Crippen LogP contribution in [-0.4, -0.2) is 6.26 Å². The summed E-state index contributed by atoms with van der Waals surface area (Å²) in [5.41, 5.74) is 1.40. The fourth-order valence-electron chi connectivity index (χ4n) is 1.51. The van der Waals surface area contributed by atoms with Gasteiger partial charge in [-0.1, -0.05) is 6.92 Å². The van der Waals surface area contributed by atoms with Gasteiger partial charge in [0.25, 0.3) is 0 Å². The summed E-state index contributed by atoms with van der Waals surface area (Å²) in [6.45, 7) is 2.19. The molecule has 0 fully saturated rings. The fourth-order valence-corrected chi connectivity index (χ4v) is 3.70. The Labute approximate surface area is 98.1 Å². The lowest BCUT2D eigenvalue weighted by Gasteiger charge is -2.03. The van der Waals surface area contributed by atoms with Gasteiger partial charge in [0.1, 0.15) is 0 Å². The van der Waals surface area contributed by atoms with Crippen LogP contribution in [0.3, 0.4) is 0 Å². The van der Waals surface area contributed by atoms with Crippen LogP contribution in [-0.2, 0) is 6.42 Å². The van der Waals surface area contributed by atoms with Crippen molar-refractivity contribution < 1.29 is 0 Å². The van der Waals surface area contributed by atoms with E-state index in [4.69, 9.17) is 0 Å². The molecule has 1 aromatic heterocycles. The highest BCUT2D eigenvalue weighted by molar-refractivity contribution is 7.99. The SMILES string of the molecule is CCc1cc(SC)c2scc(S)c2c1. The molecule has 0 saturated carbocycles. The Hall–Kier alpha value is -0.120. The maximum Gasteiger partial charge on any atom is 0.0490 e. The van der Waals surface area contributed by atoms with Gasteiger partial charge in [-0.25, -0.2) is 0 Å². The minimum Gasteiger partial charge on any atom is -0.142 e. The maximum atomic E-state index is 4.47. The molecule has 0 amide bonds. The molecule has 74 valence electrons. The van der Waals surface area contributed by atoms with Crippen molar-refractivity contribution in [1.29, 1.82) is 0 Å². The first-order chi connectivity index (χ1) is 6.76. The third kappa shape index (κ3) is 1.69. The zero-order valence-corrected chi connectivity index (χ0v) is 10.7. The number of thiol groups is 1. The molecule has 0 N–H and O–H groups in total. The van der Waals surface area contributed by atoms with E-state index in [1.807, 2.05) is 11.8 Å². The molecule has 0 unspecified atom stereocenters. The second-order valence-electron chi connectivity index (χ2n) is 3.15. The van der Waals surface area contributed by atoms with Gasteiger partial charge in [0.2, 0.25) is 0 Å². The van der Waals surface area contributed by atoms with Crippen LogP contribution in [0.2, 0.25) is 0 Å². The van der Waals surface area contributed by atoms with Crippen LogP contribution in [0.4, 0.5) is 0 Å². The topological polar surface area (TPSA) is 0 Å². The lowest BCUT2D eigenvalue weighted by Crippen LogP contribution is -1.81. The molecule has 0 nitrogen and oxygen atoms in total. The summed E-state index contributed by atoms with van der Waals surface area (Å²) in [7, 11) is 0. The molecule has 2 rings (SSSR count). The first kappa shape index (κ1) is 10.4. The number of benzene rings is 1. The van der Waals surface area contributed by atoms with Gasteiger partial charge < -0.3 is 0 Å². The number of rotatable bonds is 2. The highest BCUT2D eigenvalue weighted by Crippen LogP contribution is 2.36. The second-order valence-corrected chi connectivity index (χ2v) is 5.36. The predicted molar refractivity (Wildman–Crippen MR) is 70.2 cm³/mol. The minimum absolute atomic E-state index is 1.09. The molecule has 1 aromatic carbocycles. The molecule has 14 heavy (non-hydrogen) atoms. The zero-order chi connectivity index (χ0) is 10.1. The number of hydrogen-bond donors (Lipinski definition) is 1. The van der Waals surface area contributed by atoms with Crippen molar-refractivity contribution in [2.75, 3.05) is 6.26 Å². The zero-order valence-electron chi connectivity index (χ0n) is 8.20. The molecule has 2 aromatic rings. The lowest BCUT2D eigenvalue weighted by molar-refractivity contribution is 1.13. The fraction of sp³-hybridized carbons (Fsp3) is 0.273. The quantitative estimate of drug-likeness (QED) is 0.597. The van der Waals surface area contributed by atoms with Crippen molar-refractivity contribution in [1.82, 2.24) is 0 Å². The van der Waals surface area contributed by atoms with Crippen molar-refractivity contribution in [3.63, 3.8) is 0 Å². The van der Waals surface area contributed by atoms with E-state index in [9.17, 15) is 0 Å². The van der Waals surface area contributed by atoms with Crippen molar-refractivity contribution in [3.8, 4) is 0 Å². The molecule has 0 spiro atoms. The van der Waals surface area contributed by atoms with Crippen molar-refractivity contribution in [3.05, 3.63) is 23.1 Å². The van der Waals surface area contributed by atoms with E-state index in [0.717, 1.165) is 11.3 Å². The lowest BCUT2D eigenvalue weighted by atomic mass is 10.1. The Morgan fingerprint density at radius 2 is 2.21 bits per heavy atom. The third-order valence-corrected chi connectivity index (χ3v) is 4.77. The van der Waals surface area contributed by atoms with E-state index in [2.05, 4.69) is 43.3 Å². The Morgan fingerprint density at radius 3 is 2.86 bits per heavy atom. The Balaban J connectivity index is 2.76. The van der Waals surface area contributed by atoms with Crippen LogP contribution in [0.1, 0.15) is 12.5 Å². The number of fused-ring (bicyclic) bond motifs is 1. The average molecular weight is 240 g/mol. The van der Waals surface area contributed by atoms with Gasteiger partial charge in [-0.3, -0.25) is 0 Å². The molecule has 0 saturated heterocycles. The standard InChI is InChI=1S/C11H12S3/c1-3-7-4-8-9(12)6-14-11(8)10(5-7)13-2/h4-6,12H,3H2,1-2H3. The normalized spacial score (nSPS) is 11.1. The molecule has 3 heteroatoms. The molecule has 0 bridgehead atoms. The van der Waals surface area contributed by atoms with Crippen LogP contribution < -0.4 is 0 Å². The number of aryl methyl sites for hydroxylation is 1. The Kier molecular flexibility index (Phi) is 3.10. The third-order valence-electron chi connectivity index (χ3n) is 2.31. The summed E-state index contributed by atoms with van der Waals surface area (Å²) in [5, 5.41) is 3.43. The van der Waals surface area contributed by atoms with Gasteiger partial charge >= 0.3 is 0 Å². The summed E-state index contributed by atoms with van der Waals surface area (Å²) in [6, 6.07) is 4.55. The van der Waals surface area contributed by atoms with E-state index in [1.165, 1.54) is 20.5 Å². The Bertz CT molecular complexity index is 457. The second kappa shape index (κ2) is 4.17. The van der Waals surface area contributed by atoms with Gasteiger partial charge in [-0.15, -0.1) is 35.7 Å². The van der Waals surface area contributed by atoms with E-state index < -0.39 is 0 Å². The predicted octanol–water partition coefficient (Wildman–Crippen LogP) is 4.47. The smallest absolute Gasteiger partial charge is 0.0490 e. The van der Waals surface area contributed by atoms with Crippen molar-refractivity contribution in [2.24, 2.45) is 0 Å². The van der Waals surface area contributed by atoms with E-state index in [-0.39, 0.29) is 0 Å². The van der Waals surface area contributed by atoms with E-state index in [1.54, 1.807) is 11.3 Å². The van der Waals surface area contributed by atoms with E-state index in [0.29, 0.717) is 0 Å². The molecule has 0 aliphatic carbocycles. The average Bonchev–Trinajstić information content (AvgIpc) is 2.59. The monoisotopic (exact) mass is 240 g/mol. The van der Waals surface area contributed by atoms with E-state index >= 15 is 0 Å². The van der Waals surface area contributed by atoms with Crippen molar-refractivity contribution in [2.45, 2.75) is 23.1 Å². The van der Waals surface area contributed by atoms with Crippen LogP contribution >= 0.6 is 35.7 Å². The van der Waals surface area contributed by atoms with Gasteiger partial charge in [0.15, 0.2) is 0 Å². The van der Waals surface area contributed by atoms with Gasteiger partial charge in [0, 0.05) is 25.3 Å². The minimum atomic E-state index is 1.09. The largest absolute Gasteiger partial charge is 0.142 e. The van der Waals surface area contributed by atoms with Crippen molar-refractivity contribution >= 4 is 45.8 Å². The Morgan fingerprint density at radius 1 is 1.43 bits per heavy atom. The summed E-state index contributed by atoms with van der Waals surface area (Å²) >= 11 is 8.08. The summed E-state index contributed by atoms with van der Waals surface area (Å²) < 4.78 is 1.37. The van der Waals surface area contributed by atoms with Crippen LogP contribution in [0.25, 0.3) is 10.1 Å². The van der Waals surface area contributed by atoms with Crippen LogP contribution in [0.15, 0.2) is 27.3 Å². The number of hydrogen-bond acceptors (Lipinski definition) is 3. The van der Waals surface area contributed by atoms with Gasteiger partial charge in [0.05, 0.1) is 0 Å². The number of thioether (sulfide) groups is 1. The molecular weight excluding hydrogens is 228 g/mol. The summed E-state index contributed by atoms with van der Waals surface area (Å²) in [5.74, 6) is 0. The maximum absolute atomic E-state index is 4.47. The highest BCUT2D eigenvalue weighted by Gasteiger charge is 2.07. The molecule has 0 aliphatic rings. The van der Waals surface area contributed by atoms with Crippen LogP contribution in [0, 0.1) is 0 Å².